The zero-order valence-electron chi connectivity index (χ0n) is 17.3. The van der Waals surface area contributed by atoms with Crippen LogP contribution in [0.25, 0.3) is 0 Å². The first-order valence-corrected chi connectivity index (χ1v) is 10.1. The summed E-state index contributed by atoms with van der Waals surface area (Å²) >= 11 is 0. The number of hydrogen-bond donors (Lipinski definition) is 2. The van der Waals surface area contributed by atoms with Gasteiger partial charge in [-0.1, -0.05) is 0 Å². The summed E-state index contributed by atoms with van der Waals surface area (Å²) in [5.74, 6) is -0.218. The predicted molar refractivity (Wildman–Crippen MR) is 102 cm³/mol. The average Bonchev–Trinajstić information content (AvgIpc) is 2.62. The van der Waals surface area contributed by atoms with E-state index in [1.54, 1.807) is 0 Å². The van der Waals surface area contributed by atoms with E-state index in [-0.39, 0.29) is 13.2 Å². The van der Waals surface area contributed by atoms with Crippen LogP contribution in [0.15, 0.2) is 0 Å². The van der Waals surface area contributed by atoms with E-state index in [2.05, 4.69) is 10.6 Å². The number of ether oxygens (including phenoxy) is 3. The Bertz CT molecular complexity index is 451. The molecule has 0 atom stereocenters. The van der Waals surface area contributed by atoms with E-state index >= 15 is 0 Å². The van der Waals surface area contributed by atoms with Crippen molar-refractivity contribution in [3.05, 3.63) is 0 Å². The second kappa shape index (κ2) is 9.85. The number of carbonyl (C=O) groups excluding carboxylic acids is 2. The van der Waals surface area contributed by atoms with E-state index in [9.17, 15) is 9.59 Å². The smallest absolute Gasteiger partial charge is 0.332 e. The van der Waals surface area contributed by atoms with Crippen LogP contribution in [0.3, 0.4) is 0 Å². The summed E-state index contributed by atoms with van der Waals surface area (Å²) in [6.45, 7) is 11.1. The number of rotatable bonds is 8. The lowest BCUT2D eigenvalue weighted by Crippen LogP contribution is -2.44. The second-order valence-corrected chi connectivity index (χ2v) is 8.70. The Morgan fingerprint density at radius 2 is 1.07 bits per heavy atom. The zero-order chi connectivity index (χ0) is 19.9. The monoisotopic (exact) mass is 384 g/mol. The van der Waals surface area contributed by atoms with Crippen molar-refractivity contribution in [3.63, 3.8) is 0 Å². The summed E-state index contributed by atoms with van der Waals surface area (Å²) in [5, 5.41) is 6.62. The molecule has 0 aromatic rings. The lowest BCUT2D eigenvalue weighted by molar-refractivity contribution is -0.174. The van der Waals surface area contributed by atoms with Crippen molar-refractivity contribution < 1.29 is 23.8 Å². The molecule has 27 heavy (non-hydrogen) atoms. The van der Waals surface area contributed by atoms with Gasteiger partial charge in [0.25, 0.3) is 0 Å². The van der Waals surface area contributed by atoms with Gasteiger partial charge in [-0.15, -0.1) is 0 Å². The molecule has 2 aliphatic heterocycles. The lowest BCUT2D eigenvalue weighted by atomic mass is 9.83. The summed E-state index contributed by atoms with van der Waals surface area (Å²) in [4.78, 5) is 24.2. The molecule has 0 bridgehead atoms. The van der Waals surface area contributed by atoms with Crippen LogP contribution in [-0.2, 0) is 23.8 Å². The van der Waals surface area contributed by atoms with E-state index in [1.807, 2.05) is 27.7 Å². The Labute approximate surface area is 162 Å². The van der Waals surface area contributed by atoms with Gasteiger partial charge >= 0.3 is 11.9 Å². The van der Waals surface area contributed by atoms with Crippen LogP contribution in [0, 0.1) is 11.8 Å². The molecule has 2 aliphatic rings. The van der Waals surface area contributed by atoms with Crippen molar-refractivity contribution in [1.82, 2.24) is 10.6 Å². The Kier molecular flexibility index (Phi) is 8.06. The molecular weight excluding hydrogens is 348 g/mol. The quantitative estimate of drug-likeness (QED) is 0.615. The normalized spacial score (nSPS) is 20.3. The van der Waals surface area contributed by atoms with Gasteiger partial charge in [0, 0.05) is 11.8 Å². The van der Waals surface area contributed by atoms with Crippen LogP contribution >= 0.6 is 0 Å². The summed E-state index contributed by atoms with van der Waals surface area (Å²) in [6, 6.07) is 0. The van der Waals surface area contributed by atoms with Crippen molar-refractivity contribution >= 4 is 11.9 Å². The van der Waals surface area contributed by atoms with E-state index < -0.39 is 23.1 Å². The summed E-state index contributed by atoms with van der Waals surface area (Å²) in [7, 11) is 0. The summed E-state index contributed by atoms with van der Waals surface area (Å²) in [6.07, 6.45) is 3.94. The number of esters is 2. The largest absolute Gasteiger partial charge is 0.458 e. The summed E-state index contributed by atoms with van der Waals surface area (Å²) in [5.41, 5.74) is -1.06. The highest BCUT2D eigenvalue weighted by molar-refractivity contribution is 5.73. The van der Waals surface area contributed by atoms with Crippen LogP contribution in [0.1, 0.15) is 53.4 Å². The topological polar surface area (TPSA) is 85.9 Å². The zero-order valence-corrected chi connectivity index (χ0v) is 17.3. The molecular formula is C20H36N2O5. The molecule has 0 aromatic carbocycles. The first-order valence-electron chi connectivity index (χ1n) is 10.1. The highest BCUT2D eigenvalue weighted by atomic mass is 16.6. The summed E-state index contributed by atoms with van der Waals surface area (Å²) < 4.78 is 16.5. The van der Waals surface area contributed by atoms with Crippen LogP contribution in [0.2, 0.25) is 0 Å². The molecule has 2 N–H and O–H groups in total. The second-order valence-electron chi connectivity index (χ2n) is 8.70. The van der Waals surface area contributed by atoms with Gasteiger partial charge in [0.2, 0.25) is 0 Å². The fraction of sp³-hybridized carbons (Fsp3) is 0.900. The number of piperidine rings is 2. The molecule has 0 aliphatic carbocycles. The third-order valence-corrected chi connectivity index (χ3v) is 5.84. The van der Waals surface area contributed by atoms with Gasteiger partial charge in [0.05, 0.1) is 0 Å². The van der Waals surface area contributed by atoms with Crippen LogP contribution < -0.4 is 10.6 Å². The van der Waals surface area contributed by atoms with Crippen molar-refractivity contribution in [3.8, 4) is 0 Å². The third kappa shape index (κ3) is 7.05. The number of nitrogens with one attached hydrogen (secondary N) is 2. The van der Waals surface area contributed by atoms with E-state index in [0.717, 1.165) is 51.9 Å². The Hall–Kier alpha value is -1.18. The van der Waals surface area contributed by atoms with Crippen LogP contribution in [-0.4, -0.2) is 62.5 Å². The highest BCUT2D eigenvalue weighted by Gasteiger charge is 2.35. The molecule has 7 heteroatoms. The maximum atomic E-state index is 12.1. The van der Waals surface area contributed by atoms with Gasteiger partial charge in [0.1, 0.15) is 24.4 Å². The predicted octanol–water partition coefficient (Wildman–Crippen LogP) is 1.65. The van der Waals surface area contributed by atoms with Crippen LogP contribution in [0.4, 0.5) is 0 Å². The number of hydrogen-bond acceptors (Lipinski definition) is 7. The van der Waals surface area contributed by atoms with E-state index in [4.69, 9.17) is 14.2 Å². The highest BCUT2D eigenvalue weighted by Crippen LogP contribution is 2.30. The van der Waals surface area contributed by atoms with E-state index in [0.29, 0.717) is 11.8 Å². The first-order chi connectivity index (χ1) is 12.7. The van der Waals surface area contributed by atoms with Crippen LogP contribution in [0.5, 0.6) is 0 Å². The molecule has 2 saturated heterocycles. The molecule has 7 nitrogen and oxygen atoms in total. The number of carbonyl (C=O) groups is 2. The molecule has 0 radical (unpaired) electrons. The maximum Gasteiger partial charge on any atom is 0.332 e. The molecule has 0 amide bonds. The van der Waals surface area contributed by atoms with E-state index in [1.165, 1.54) is 0 Å². The van der Waals surface area contributed by atoms with Gasteiger partial charge in [-0.25, -0.2) is 9.59 Å². The minimum Gasteiger partial charge on any atom is -0.458 e. The minimum absolute atomic E-state index is 0.239. The molecule has 0 spiro atoms. The van der Waals surface area contributed by atoms with Gasteiger partial charge in [0.15, 0.2) is 0 Å². The lowest BCUT2D eigenvalue weighted by Gasteiger charge is -2.37. The minimum atomic E-state index is -0.528. The molecule has 156 valence electrons. The molecule has 2 rings (SSSR count). The fourth-order valence-corrected chi connectivity index (χ4v) is 4.06. The van der Waals surface area contributed by atoms with Crippen molar-refractivity contribution in [2.75, 3.05) is 39.4 Å². The fourth-order valence-electron chi connectivity index (χ4n) is 4.06. The van der Waals surface area contributed by atoms with Crippen molar-refractivity contribution in [2.24, 2.45) is 11.8 Å². The van der Waals surface area contributed by atoms with Gasteiger partial charge in [-0.05, 0) is 79.6 Å². The average molecular weight is 385 g/mol. The molecule has 2 fully saturated rings. The standard InChI is InChI=1S/C20H36N2O5/c1-19(2,15-5-9-21-10-6-15)26-17(23)13-25-14-18(24)27-20(3,4)16-7-11-22-12-8-16/h15-16,21-22H,5-14H2,1-4H3. The molecule has 0 aromatic heterocycles. The molecule has 2 heterocycles. The van der Waals surface area contributed by atoms with Crippen molar-refractivity contribution in [1.29, 1.82) is 0 Å². The molecule has 0 unspecified atom stereocenters. The van der Waals surface area contributed by atoms with Gasteiger partial charge in [-0.2, -0.15) is 0 Å². The van der Waals surface area contributed by atoms with Crippen molar-refractivity contribution in [2.45, 2.75) is 64.6 Å². The maximum absolute atomic E-state index is 12.1. The van der Waals surface area contributed by atoms with Gasteiger partial charge in [-0.3, -0.25) is 0 Å². The Morgan fingerprint density at radius 3 is 1.41 bits per heavy atom. The third-order valence-electron chi connectivity index (χ3n) is 5.84. The van der Waals surface area contributed by atoms with Gasteiger partial charge < -0.3 is 24.8 Å². The Morgan fingerprint density at radius 1 is 0.741 bits per heavy atom. The first kappa shape index (κ1) is 22.1. The Balaban J connectivity index is 1.68. The molecule has 0 saturated carbocycles. The SMILES string of the molecule is CC(C)(OC(=O)COCC(=O)OC(C)(C)C1CCNCC1)C1CCNCC1.